The van der Waals surface area contributed by atoms with E-state index in [1.165, 1.54) is 0 Å². The zero-order valence-corrected chi connectivity index (χ0v) is 13.6. The van der Waals surface area contributed by atoms with Gasteiger partial charge in [-0.15, -0.1) is 0 Å². The number of aryl methyl sites for hydroxylation is 2. The molecule has 2 unspecified atom stereocenters. The highest BCUT2D eigenvalue weighted by Gasteiger charge is 2.25. The molecule has 1 saturated carbocycles. The predicted molar refractivity (Wildman–Crippen MR) is 89.4 cm³/mol. The second-order valence-electron chi connectivity index (χ2n) is 6.36. The summed E-state index contributed by atoms with van der Waals surface area (Å²) in [6.07, 6.45) is 5.39. The van der Waals surface area contributed by atoms with Crippen LogP contribution in [0.3, 0.4) is 0 Å². The van der Waals surface area contributed by atoms with Crippen LogP contribution in [-0.2, 0) is 4.79 Å². The SMILES string of the molecule is Cc1cc(C)n(-c2ccc(NC(=O)C3CCCC(N)C3)cn2)n1. The van der Waals surface area contributed by atoms with Gasteiger partial charge >= 0.3 is 0 Å². The molecule has 1 amide bonds. The minimum absolute atomic E-state index is 0.00874. The van der Waals surface area contributed by atoms with Crippen LogP contribution < -0.4 is 11.1 Å². The highest BCUT2D eigenvalue weighted by atomic mass is 16.1. The minimum atomic E-state index is 0.00874. The van der Waals surface area contributed by atoms with Crippen molar-refractivity contribution in [1.29, 1.82) is 0 Å². The maximum atomic E-state index is 12.3. The highest BCUT2D eigenvalue weighted by molar-refractivity contribution is 5.92. The molecule has 0 saturated heterocycles. The van der Waals surface area contributed by atoms with Crippen molar-refractivity contribution in [3.63, 3.8) is 0 Å². The smallest absolute Gasteiger partial charge is 0.227 e. The van der Waals surface area contributed by atoms with Crippen molar-refractivity contribution in [3.8, 4) is 5.82 Å². The monoisotopic (exact) mass is 313 g/mol. The number of aromatic nitrogens is 3. The number of nitrogens with two attached hydrogens (primary N) is 1. The molecule has 0 radical (unpaired) electrons. The second kappa shape index (κ2) is 6.50. The van der Waals surface area contributed by atoms with Gasteiger partial charge in [-0.1, -0.05) is 6.42 Å². The third-order valence-electron chi connectivity index (χ3n) is 4.33. The van der Waals surface area contributed by atoms with E-state index in [4.69, 9.17) is 5.73 Å². The van der Waals surface area contributed by atoms with E-state index in [-0.39, 0.29) is 17.9 Å². The number of nitrogens with zero attached hydrogens (tertiary/aromatic N) is 3. The van der Waals surface area contributed by atoms with Gasteiger partial charge in [0, 0.05) is 17.7 Å². The standard InChI is InChI=1S/C17H23N5O/c1-11-8-12(2)22(21-11)16-7-6-15(10-19-16)20-17(23)13-4-3-5-14(18)9-13/h6-8,10,13-14H,3-5,9,18H2,1-2H3,(H,20,23). The van der Waals surface area contributed by atoms with Crippen molar-refractivity contribution in [1.82, 2.24) is 14.8 Å². The summed E-state index contributed by atoms with van der Waals surface area (Å²) in [4.78, 5) is 16.7. The maximum Gasteiger partial charge on any atom is 0.227 e. The van der Waals surface area contributed by atoms with Gasteiger partial charge in [0.05, 0.1) is 17.6 Å². The summed E-state index contributed by atoms with van der Waals surface area (Å²) in [7, 11) is 0. The average molecular weight is 313 g/mol. The molecule has 1 aliphatic carbocycles. The first-order valence-electron chi connectivity index (χ1n) is 8.09. The van der Waals surface area contributed by atoms with Crippen LogP contribution in [0.25, 0.3) is 5.82 Å². The van der Waals surface area contributed by atoms with Gasteiger partial charge in [-0.3, -0.25) is 4.79 Å². The van der Waals surface area contributed by atoms with E-state index in [9.17, 15) is 4.79 Å². The van der Waals surface area contributed by atoms with Crippen LogP contribution in [0.2, 0.25) is 0 Å². The summed E-state index contributed by atoms with van der Waals surface area (Å²) in [6.45, 7) is 3.94. The molecule has 1 aliphatic rings. The molecule has 3 N–H and O–H groups in total. The highest BCUT2D eigenvalue weighted by Crippen LogP contribution is 2.24. The van der Waals surface area contributed by atoms with Gasteiger partial charge in [0.2, 0.25) is 5.91 Å². The number of pyridine rings is 1. The Morgan fingerprint density at radius 2 is 2.17 bits per heavy atom. The minimum Gasteiger partial charge on any atom is -0.328 e. The molecule has 6 heteroatoms. The summed E-state index contributed by atoms with van der Waals surface area (Å²) in [5, 5.41) is 7.35. The van der Waals surface area contributed by atoms with E-state index in [0.717, 1.165) is 42.9 Å². The molecular weight excluding hydrogens is 290 g/mol. The van der Waals surface area contributed by atoms with Crippen molar-refractivity contribution >= 4 is 11.6 Å². The fraction of sp³-hybridized carbons (Fsp3) is 0.471. The van der Waals surface area contributed by atoms with E-state index in [1.54, 1.807) is 10.9 Å². The Bertz CT molecular complexity index is 692. The Kier molecular flexibility index (Phi) is 4.43. The fourth-order valence-corrected chi connectivity index (χ4v) is 3.16. The van der Waals surface area contributed by atoms with Crippen molar-refractivity contribution in [2.24, 2.45) is 11.7 Å². The molecule has 0 aromatic carbocycles. The number of hydrogen-bond donors (Lipinski definition) is 2. The lowest BCUT2D eigenvalue weighted by molar-refractivity contribution is -0.120. The van der Waals surface area contributed by atoms with Gasteiger partial charge in [-0.05, 0) is 51.3 Å². The summed E-state index contributed by atoms with van der Waals surface area (Å²) >= 11 is 0. The van der Waals surface area contributed by atoms with Crippen LogP contribution in [0.1, 0.15) is 37.1 Å². The lowest BCUT2D eigenvalue weighted by atomic mass is 9.85. The predicted octanol–water partition coefficient (Wildman–Crippen LogP) is 2.34. The quantitative estimate of drug-likeness (QED) is 0.910. The largest absolute Gasteiger partial charge is 0.328 e. The maximum absolute atomic E-state index is 12.3. The van der Waals surface area contributed by atoms with Crippen LogP contribution in [0, 0.1) is 19.8 Å². The molecule has 2 aromatic rings. The molecule has 23 heavy (non-hydrogen) atoms. The molecule has 0 spiro atoms. The average Bonchev–Trinajstić information content (AvgIpc) is 2.86. The van der Waals surface area contributed by atoms with E-state index in [0.29, 0.717) is 5.69 Å². The van der Waals surface area contributed by atoms with Crippen molar-refractivity contribution in [3.05, 3.63) is 35.8 Å². The lowest BCUT2D eigenvalue weighted by Gasteiger charge is -2.25. The van der Waals surface area contributed by atoms with E-state index in [1.807, 2.05) is 32.0 Å². The molecule has 0 bridgehead atoms. The van der Waals surface area contributed by atoms with Crippen molar-refractivity contribution in [2.45, 2.75) is 45.6 Å². The first-order valence-corrected chi connectivity index (χ1v) is 8.09. The van der Waals surface area contributed by atoms with Crippen LogP contribution in [-0.4, -0.2) is 26.7 Å². The Morgan fingerprint density at radius 3 is 2.78 bits per heavy atom. The first-order chi connectivity index (χ1) is 11.0. The van der Waals surface area contributed by atoms with E-state index >= 15 is 0 Å². The Labute approximate surface area is 136 Å². The Balaban J connectivity index is 1.68. The normalized spacial score (nSPS) is 21.2. The van der Waals surface area contributed by atoms with Gasteiger partial charge < -0.3 is 11.1 Å². The Hall–Kier alpha value is -2.21. The van der Waals surface area contributed by atoms with Gasteiger partial charge in [0.15, 0.2) is 5.82 Å². The number of hydrogen-bond acceptors (Lipinski definition) is 4. The molecule has 2 atom stereocenters. The zero-order valence-electron chi connectivity index (χ0n) is 13.6. The van der Waals surface area contributed by atoms with E-state index < -0.39 is 0 Å². The summed E-state index contributed by atoms with van der Waals surface area (Å²) in [5.41, 5.74) is 8.65. The Morgan fingerprint density at radius 1 is 1.35 bits per heavy atom. The number of carbonyl (C=O) groups excluding carboxylic acids is 1. The third-order valence-corrected chi connectivity index (χ3v) is 4.33. The van der Waals surface area contributed by atoms with Gasteiger partial charge in [-0.25, -0.2) is 9.67 Å². The van der Waals surface area contributed by atoms with Crippen LogP contribution in [0.15, 0.2) is 24.4 Å². The van der Waals surface area contributed by atoms with Gasteiger partial charge in [-0.2, -0.15) is 5.10 Å². The lowest BCUT2D eigenvalue weighted by Crippen LogP contribution is -2.34. The van der Waals surface area contributed by atoms with Crippen molar-refractivity contribution in [2.75, 3.05) is 5.32 Å². The molecule has 2 heterocycles. The zero-order chi connectivity index (χ0) is 16.4. The number of anilines is 1. The molecule has 0 aliphatic heterocycles. The van der Waals surface area contributed by atoms with E-state index in [2.05, 4.69) is 15.4 Å². The van der Waals surface area contributed by atoms with Gasteiger partial charge in [0.25, 0.3) is 0 Å². The molecule has 122 valence electrons. The summed E-state index contributed by atoms with van der Waals surface area (Å²) in [6, 6.07) is 5.87. The molecular formula is C17H23N5O. The molecule has 2 aromatic heterocycles. The number of amides is 1. The first kappa shape index (κ1) is 15.7. The molecule has 6 nitrogen and oxygen atoms in total. The number of rotatable bonds is 3. The van der Waals surface area contributed by atoms with Crippen LogP contribution >= 0.6 is 0 Å². The summed E-state index contributed by atoms with van der Waals surface area (Å²) in [5.74, 6) is 0.795. The van der Waals surface area contributed by atoms with Crippen LogP contribution in [0.5, 0.6) is 0 Å². The number of carbonyl (C=O) groups is 1. The topological polar surface area (TPSA) is 85.8 Å². The number of nitrogens with one attached hydrogen (secondary N) is 1. The van der Waals surface area contributed by atoms with Crippen LogP contribution in [0.4, 0.5) is 5.69 Å². The summed E-state index contributed by atoms with van der Waals surface area (Å²) < 4.78 is 1.79. The molecule has 1 fully saturated rings. The molecule has 3 rings (SSSR count). The van der Waals surface area contributed by atoms with Gasteiger partial charge in [0.1, 0.15) is 0 Å². The fourth-order valence-electron chi connectivity index (χ4n) is 3.16. The second-order valence-corrected chi connectivity index (χ2v) is 6.36. The third kappa shape index (κ3) is 3.59. The van der Waals surface area contributed by atoms with Crippen molar-refractivity contribution < 1.29 is 4.79 Å².